The van der Waals surface area contributed by atoms with E-state index in [9.17, 15) is 17.6 Å². The van der Waals surface area contributed by atoms with Crippen LogP contribution in [0.3, 0.4) is 0 Å². The molecular weight excluding hydrogens is 536 g/mol. The Labute approximate surface area is 250 Å². The minimum atomic E-state index is -0.884. The maximum Gasteiger partial charge on any atom is 0.201 e. The van der Waals surface area contributed by atoms with Crippen LogP contribution in [0, 0.1) is 46.9 Å². The molecular formula is C37H48F4O. The lowest BCUT2D eigenvalue weighted by Crippen LogP contribution is -2.24. The number of hydrogen-bond donors (Lipinski definition) is 0. The first-order valence-corrected chi connectivity index (χ1v) is 16.7. The summed E-state index contributed by atoms with van der Waals surface area (Å²) in [5, 5.41) is 0. The van der Waals surface area contributed by atoms with Gasteiger partial charge in [-0.3, -0.25) is 0 Å². The number of hydrogen-bond acceptors (Lipinski definition) is 1. The fourth-order valence-electron chi connectivity index (χ4n) is 8.14. The topological polar surface area (TPSA) is 9.23 Å². The number of ether oxygens (including phenoxy) is 1. The highest BCUT2D eigenvalue weighted by atomic mass is 19.2. The molecule has 1 nitrogen and oxygen atoms in total. The van der Waals surface area contributed by atoms with Crippen LogP contribution in [0.15, 0.2) is 30.3 Å². The van der Waals surface area contributed by atoms with Crippen molar-refractivity contribution in [1.82, 2.24) is 0 Å². The molecule has 1 atom stereocenters. The van der Waals surface area contributed by atoms with Crippen molar-refractivity contribution >= 4 is 5.57 Å². The molecule has 0 radical (unpaired) electrons. The first kappa shape index (κ1) is 31.1. The van der Waals surface area contributed by atoms with Gasteiger partial charge in [0.15, 0.2) is 23.2 Å². The summed E-state index contributed by atoms with van der Waals surface area (Å²) >= 11 is 0. The van der Waals surface area contributed by atoms with Crippen molar-refractivity contribution in [3.05, 3.63) is 70.3 Å². The van der Waals surface area contributed by atoms with Gasteiger partial charge in [0, 0.05) is 5.56 Å². The molecule has 42 heavy (non-hydrogen) atoms. The SMILES string of the molecule is CCCc1ccc(C2CCC(CCC3CCC(C4CC=C(c5ccc(OCC)c(F)c5F)CC4)CC3)CC2)c(F)c1F. The quantitative estimate of drug-likeness (QED) is 0.252. The van der Waals surface area contributed by atoms with Crippen molar-refractivity contribution in [3.8, 4) is 5.75 Å². The molecule has 0 spiro atoms. The van der Waals surface area contributed by atoms with Gasteiger partial charge >= 0.3 is 0 Å². The molecule has 3 aliphatic rings. The molecule has 1 unspecified atom stereocenters. The predicted molar refractivity (Wildman–Crippen MR) is 163 cm³/mol. The zero-order chi connectivity index (χ0) is 29.6. The Balaban J connectivity index is 1.04. The Kier molecular flexibility index (Phi) is 10.7. The monoisotopic (exact) mass is 584 g/mol. The molecule has 5 rings (SSSR count). The van der Waals surface area contributed by atoms with Crippen molar-refractivity contribution in [2.24, 2.45) is 23.7 Å². The molecule has 0 saturated heterocycles. The number of halogens is 4. The molecule has 2 fully saturated rings. The van der Waals surface area contributed by atoms with Gasteiger partial charge in [-0.1, -0.05) is 57.2 Å². The molecule has 0 aromatic heterocycles. The third kappa shape index (κ3) is 7.08. The average Bonchev–Trinajstić information content (AvgIpc) is 3.02. The molecule has 2 saturated carbocycles. The van der Waals surface area contributed by atoms with E-state index in [0.717, 1.165) is 68.8 Å². The Morgan fingerprint density at radius 2 is 1.38 bits per heavy atom. The van der Waals surface area contributed by atoms with Crippen LogP contribution in [0.4, 0.5) is 17.6 Å². The molecule has 3 aliphatic carbocycles. The molecule has 2 aromatic carbocycles. The number of benzene rings is 2. The van der Waals surface area contributed by atoms with Crippen LogP contribution < -0.4 is 4.74 Å². The van der Waals surface area contributed by atoms with Crippen LogP contribution in [0.25, 0.3) is 5.57 Å². The van der Waals surface area contributed by atoms with Gasteiger partial charge in [-0.2, -0.15) is 4.39 Å². The summed E-state index contributed by atoms with van der Waals surface area (Å²) in [6.45, 7) is 4.06. The van der Waals surface area contributed by atoms with Crippen LogP contribution in [-0.2, 0) is 6.42 Å². The van der Waals surface area contributed by atoms with Crippen LogP contribution in [0.2, 0.25) is 0 Å². The minimum absolute atomic E-state index is 0.0162. The van der Waals surface area contributed by atoms with Gasteiger partial charge in [0.05, 0.1) is 6.61 Å². The maximum absolute atomic E-state index is 14.8. The lowest BCUT2D eigenvalue weighted by Gasteiger charge is -2.36. The summed E-state index contributed by atoms with van der Waals surface area (Å²) in [4.78, 5) is 0. The molecule has 0 bridgehead atoms. The van der Waals surface area contributed by atoms with E-state index in [-0.39, 0.29) is 11.7 Å². The summed E-state index contributed by atoms with van der Waals surface area (Å²) in [6, 6.07) is 6.85. The smallest absolute Gasteiger partial charge is 0.201 e. The Hall–Kier alpha value is -2.30. The fraction of sp³-hybridized carbons (Fsp3) is 0.622. The Bertz CT molecular complexity index is 1220. The van der Waals surface area contributed by atoms with E-state index >= 15 is 0 Å². The highest BCUT2D eigenvalue weighted by Gasteiger charge is 2.31. The van der Waals surface area contributed by atoms with Gasteiger partial charge in [-0.25, -0.2) is 13.2 Å². The zero-order valence-electron chi connectivity index (χ0n) is 25.5. The van der Waals surface area contributed by atoms with Gasteiger partial charge in [0.2, 0.25) is 5.82 Å². The van der Waals surface area contributed by atoms with E-state index in [1.54, 1.807) is 25.1 Å². The molecule has 0 N–H and O–H groups in total. The summed E-state index contributed by atoms with van der Waals surface area (Å²) in [5.41, 5.74) is 2.40. The van der Waals surface area contributed by atoms with Gasteiger partial charge < -0.3 is 4.74 Å². The summed E-state index contributed by atoms with van der Waals surface area (Å²) in [5.74, 6) is 0.101. The molecule has 0 heterocycles. The van der Waals surface area contributed by atoms with Gasteiger partial charge in [0.25, 0.3) is 0 Å². The van der Waals surface area contributed by atoms with E-state index in [0.29, 0.717) is 41.6 Å². The summed E-state index contributed by atoms with van der Waals surface area (Å²) in [7, 11) is 0. The van der Waals surface area contributed by atoms with E-state index < -0.39 is 23.3 Å². The largest absolute Gasteiger partial charge is 0.491 e. The third-order valence-electron chi connectivity index (χ3n) is 10.7. The molecule has 2 aromatic rings. The first-order chi connectivity index (χ1) is 20.4. The average molecular weight is 585 g/mol. The summed E-state index contributed by atoms with van der Waals surface area (Å²) in [6.07, 6.45) is 18.2. The Morgan fingerprint density at radius 3 is 2.00 bits per heavy atom. The minimum Gasteiger partial charge on any atom is -0.491 e. The first-order valence-electron chi connectivity index (χ1n) is 16.7. The lowest BCUT2D eigenvalue weighted by molar-refractivity contribution is 0.179. The van der Waals surface area contributed by atoms with E-state index in [1.165, 1.54) is 38.5 Å². The highest BCUT2D eigenvalue weighted by molar-refractivity contribution is 5.67. The van der Waals surface area contributed by atoms with Crippen molar-refractivity contribution in [2.75, 3.05) is 6.61 Å². The second-order valence-electron chi connectivity index (χ2n) is 13.2. The second kappa shape index (κ2) is 14.4. The highest BCUT2D eigenvalue weighted by Crippen LogP contribution is 2.44. The molecule has 230 valence electrons. The number of allylic oxidation sites excluding steroid dienone is 2. The maximum atomic E-state index is 14.8. The van der Waals surface area contributed by atoms with E-state index in [1.807, 2.05) is 13.0 Å². The lowest BCUT2D eigenvalue weighted by atomic mass is 9.69. The van der Waals surface area contributed by atoms with Crippen molar-refractivity contribution < 1.29 is 22.3 Å². The van der Waals surface area contributed by atoms with Gasteiger partial charge in [-0.15, -0.1) is 0 Å². The van der Waals surface area contributed by atoms with Gasteiger partial charge in [0.1, 0.15) is 0 Å². The second-order valence-corrected chi connectivity index (χ2v) is 13.2. The molecule has 0 amide bonds. The number of rotatable bonds is 10. The van der Waals surface area contributed by atoms with Crippen LogP contribution in [-0.4, -0.2) is 6.61 Å². The fourth-order valence-corrected chi connectivity index (χ4v) is 8.14. The van der Waals surface area contributed by atoms with Crippen molar-refractivity contribution in [1.29, 1.82) is 0 Å². The normalized spacial score (nSPS) is 26.6. The standard InChI is InChI=1S/C37H48F4O/c1-3-5-30-20-21-31(35(39)34(30)38)28-14-10-25(11-15-28)7-6-24-8-12-26(13-9-24)27-16-18-29(19-17-27)32-22-23-33(42-4-2)37(41)36(32)40/h18,20-28H,3-17,19H2,1-2H3. The molecule has 0 aliphatic heterocycles. The molecule has 5 heteroatoms. The third-order valence-corrected chi connectivity index (χ3v) is 10.7. The summed E-state index contributed by atoms with van der Waals surface area (Å²) < 4.78 is 63.6. The van der Waals surface area contributed by atoms with Crippen LogP contribution in [0.1, 0.15) is 126 Å². The van der Waals surface area contributed by atoms with E-state index in [4.69, 9.17) is 4.74 Å². The van der Waals surface area contributed by atoms with Gasteiger partial charge in [-0.05, 0) is 130 Å². The van der Waals surface area contributed by atoms with Crippen molar-refractivity contribution in [3.63, 3.8) is 0 Å². The van der Waals surface area contributed by atoms with Crippen LogP contribution in [0.5, 0.6) is 5.75 Å². The van der Waals surface area contributed by atoms with Crippen LogP contribution >= 0.6 is 0 Å². The zero-order valence-corrected chi connectivity index (χ0v) is 25.5. The predicted octanol–water partition coefficient (Wildman–Crippen LogP) is 11.3. The van der Waals surface area contributed by atoms with E-state index in [2.05, 4.69) is 6.08 Å². The van der Waals surface area contributed by atoms with Crippen molar-refractivity contribution in [2.45, 2.75) is 116 Å². The number of aryl methyl sites for hydroxylation is 1. The Morgan fingerprint density at radius 1 is 0.690 bits per heavy atom.